The predicted molar refractivity (Wildman–Crippen MR) is 169 cm³/mol. The van der Waals surface area contributed by atoms with Crippen LogP contribution >= 0.6 is 0 Å². The van der Waals surface area contributed by atoms with Gasteiger partial charge >= 0.3 is 0 Å². The number of ketones is 1. The van der Waals surface area contributed by atoms with Gasteiger partial charge in [-0.05, 0) is 54.0 Å². The molecule has 3 heterocycles. The van der Waals surface area contributed by atoms with Crippen LogP contribution in [0.2, 0.25) is 0 Å². The number of nitrogen functional groups attached to an aromatic ring is 1. The third-order valence-corrected chi connectivity index (χ3v) is 9.25. The van der Waals surface area contributed by atoms with Gasteiger partial charge in [0.25, 0.3) is 0 Å². The molecule has 11 nitrogen and oxygen atoms in total. The summed E-state index contributed by atoms with van der Waals surface area (Å²) in [4.78, 5) is 19.8. The van der Waals surface area contributed by atoms with E-state index in [2.05, 4.69) is 15.0 Å². The quantitative estimate of drug-likeness (QED) is 0.246. The Labute approximate surface area is 269 Å². The van der Waals surface area contributed by atoms with Gasteiger partial charge < -0.3 is 15.2 Å². The van der Waals surface area contributed by atoms with Gasteiger partial charge in [0.2, 0.25) is 21.7 Å². The SMILES string of the molecule is Cc1cc(Oc2c(F)cccc2F)ncc1-n1ncc(C(=O)C2=Cc3cc(F)c(N(CCN4CCOCC4)S(C)(=O)=O)cc3C2)c1N. The lowest BCUT2D eigenvalue weighted by atomic mass is 10.0. The number of para-hydroxylation sites is 1. The Hall–Kier alpha value is -4.73. The van der Waals surface area contributed by atoms with E-state index in [1.807, 2.05) is 0 Å². The molecule has 0 amide bonds. The molecule has 2 N–H and O–H groups in total. The van der Waals surface area contributed by atoms with Gasteiger partial charge in [-0.2, -0.15) is 5.10 Å². The summed E-state index contributed by atoms with van der Waals surface area (Å²) in [6.45, 7) is 4.58. The van der Waals surface area contributed by atoms with Crippen LogP contribution in [-0.4, -0.2) is 79.5 Å². The highest BCUT2D eigenvalue weighted by Crippen LogP contribution is 2.35. The number of morpholine rings is 1. The van der Waals surface area contributed by atoms with Crippen LogP contribution in [0.15, 0.2) is 54.4 Å². The number of fused-ring (bicyclic) bond motifs is 1. The molecule has 0 radical (unpaired) electrons. The van der Waals surface area contributed by atoms with Crippen molar-refractivity contribution in [2.45, 2.75) is 13.3 Å². The molecule has 246 valence electrons. The van der Waals surface area contributed by atoms with E-state index in [9.17, 15) is 22.0 Å². The summed E-state index contributed by atoms with van der Waals surface area (Å²) in [6.07, 6.45) is 5.38. The van der Waals surface area contributed by atoms with Crippen molar-refractivity contribution in [1.82, 2.24) is 19.7 Å². The monoisotopic (exact) mass is 668 g/mol. The average Bonchev–Trinajstić information content (AvgIpc) is 3.62. The molecule has 2 aromatic carbocycles. The summed E-state index contributed by atoms with van der Waals surface area (Å²) in [5.41, 5.74) is 8.70. The maximum absolute atomic E-state index is 15.4. The zero-order chi connectivity index (χ0) is 33.5. The molecule has 0 spiro atoms. The summed E-state index contributed by atoms with van der Waals surface area (Å²) < 4.78 is 81.9. The molecule has 47 heavy (non-hydrogen) atoms. The van der Waals surface area contributed by atoms with Gasteiger partial charge in [0.1, 0.15) is 11.6 Å². The number of ether oxygens (including phenoxy) is 2. The number of nitrogens with zero attached hydrogens (tertiary/aromatic N) is 5. The van der Waals surface area contributed by atoms with E-state index in [0.717, 1.165) is 22.7 Å². The van der Waals surface area contributed by atoms with Gasteiger partial charge in [-0.25, -0.2) is 31.3 Å². The normalized spacial score (nSPS) is 15.0. The van der Waals surface area contributed by atoms with E-state index < -0.39 is 39.0 Å². The zero-order valence-electron chi connectivity index (χ0n) is 25.5. The summed E-state index contributed by atoms with van der Waals surface area (Å²) in [6, 6.07) is 7.50. The van der Waals surface area contributed by atoms with Crippen molar-refractivity contribution < 1.29 is 35.9 Å². The molecular weight excluding hydrogens is 637 g/mol. The van der Waals surface area contributed by atoms with Gasteiger partial charge in [-0.1, -0.05) is 6.07 Å². The number of hydrogen-bond donors (Lipinski definition) is 1. The van der Waals surface area contributed by atoms with E-state index >= 15 is 4.39 Å². The molecule has 0 atom stereocenters. The van der Waals surface area contributed by atoms with Gasteiger partial charge in [-0.15, -0.1) is 0 Å². The molecule has 0 saturated carbocycles. The lowest BCUT2D eigenvalue weighted by molar-refractivity contribution is 0.0395. The minimum Gasteiger partial charge on any atom is -0.433 e. The first kappa shape index (κ1) is 32.2. The van der Waals surface area contributed by atoms with Crippen LogP contribution in [0.5, 0.6) is 11.6 Å². The number of hydrogen-bond acceptors (Lipinski definition) is 9. The van der Waals surface area contributed by atoms with Crippen molar-refractivity contribution in [1.29, 1.82) is 0 Å². The minimum atomic E-state index is -3.81. The number of benzene rings is 2. The molecule has 1 saturated heterocycles. The Morgan fingerprint density at radius 1 is 1.09 bits per heavy atom. The fourth-order valence-corrected chi connectivity index (χ4v) is 6.50. The molecule has 4 aromatic rings. The Morgan fingerprint density at radius 2 is 1.81 bits per heavy atom. The molecule has 1 aliphatic carbocycles. The van der Waals surface area contributed by atoms with Gasteiger partial charge in [-0.3, -0.25) is 14.0 Å². The lowest BCUT2D eigenvalue weighted by Crippen LogP contribution is -2.43. The summed E-state index contributed by atoms with van der Waals surface area (Å²) in [5, 5.41) is 4.27. The summed E-state index contributed by atoms with van der Waals surface area (Å²) >= 11 is 0. The predicted octanol–water partition coefficient (Wildman–Crippen LogP) is 4.29. The van der Waals surface area contributed by atoms with Gasteiger partial charge in [0.15, 0.2) is 17.4 Å². The first-order valence-corrected chi connectivity index (χ1v) is 16.5. The molecule has 0 bridgehead atoms. The fraction of sp³-hybridized carbons (Fsp3) is 0.281. The molecule has 1 aliphatic heterocycles. The standard InChI is InChI=1S/C32H31F3N6O5S/c1-19-12-29(46-31-24(33)4-3-5-25(31)34)37-18-28(19)41-32(36)23(17-38-41)30(42)22-13-20-15-26(35)27(16-21(20)14-22)40(47(2,43)44)7-6-39-8-10-45-11-9-39/h3-5,12-13,15-18H,6-11,14,36H2,1-2H3. The maximum Gasteiger partial charge on any atom is 0.232 e. The smallest absolute Gasteiger partial charge is 0.232 e. The fourth-order valence-electron chi connectivity index (χ4n) is 5.59. The second-order valence-corrected chi connectivity index (χ2v) is 13.2. The summed E-state index contributed by atoms with van der Waals surface area (Å²) in [7, 11) is -3.81. The molecule has 2 aromatic heterocycles. The van der Waals surface area contributed by atoms with Crippen LogP contribution in [0, 0.1) is 24.4 Å². The number of nitrogens with two attached hydrogens (primary N) is 1. The van der Waals surface area contributed by atoms with Gasteiger partial charge in [0.05, 0.1) is 48.8 Å². The molecule has 2 aliphatic rings. The van der Waals surface area contributed by atoms with Crippen molar-refractivity contribution in [2.24, 2.45) is 0 Å². The van der Waals surface area contributed by atoms with Crippen molar-refractivity contribution >= 4 is 33.4 Å². The number of aromatic nitrogens is 3. The first-order valence-electron chi connectivity index (χ1n) is 14.7. The number of halogens is 3. The van der Waals surface area contributed by atoms with Crippen molar-refractivity contribution in [3.05, 3.63) is 94.1 Å². The highest BCUT2D eigenvalue weighted by atomic mass is 32.2. The number of pyridine rings is 1. The van der Waals surface area contributed by atoms with Crippen molar-refractivity contribution in [2.75, 3.05) is 55.7 Å². The van der Waals surface area contributed by atoms with Crippen LogP contribution in [0.25, 0.3) is 11.8 Å². The van der Waals surface area contributed by atoms with E-state index in [0.29, 0.717) is 60.8 Å². The topological polar surface area (TPSA) is 133 Å². The second-order valence-electron chi connectivity index (χ2n) is 11.3. The van der Waals surface area contributed by atoms with E-state index in [1.54, 1.807) is 13.0 Å². The Kier molecular flexibility index (Phi) is 8.78. The number of Topliss-reactive ketones (excluding diaryl/α,β-unsaturated/α-hetero) is 1. The molecule has 6 rings (SSSR count). The number of carbonyl (C=O) groups is 1. The van der Waals surface area contributed by atoms with Crippen LogP contribution in [0.3, 0.4) is 0 Å². The third-order valence-electron chi connectivity index (χ3n) is 8.07. The molecular formula is C32H31F3N6O5S. The first-order chi connectivity index (χ1) is 22.4. The number of carbonyl (C=O) groups excluding carboxylic acids is 1. The average molecular weight is 669 g/mol. The zero-order valence-corrected chi connectivity index (χ0v) is 26.4. The van der Waals surface area contributed by atoms with Crippen LogP contribution in [0.1, 0.15) is 27.0 Å². The van der Waals surface area contributed by atoms with Crippen LogP contribution < -0.4 is 14.8 Å². The van der Waals surface area contributed by atoms with Crippen molar-refractivity contribution in [3.8, 4) is 17.3 Å². The second kappa shape index (κ2) is 12.8. The van der Waals surface area contributed by atoms with E-state index in [4.69, 9.17) is 15.2 Å². The number of sulfonamides is 1. The van der Waals surface area contributed by atoms with Crippen LogP contribution in [0.4, 0.5) is 24.7 Å². The van der Waals surface area contributed by atoms with Crippen molar-refractivity contribution in [3.63, 3.8) is 0 Å². The Morgan fingerprint density at radius 3 is 2.49 bits per heavy atom. The minimum absolute atomic E-state index is 0.0174. The highest BCUT2D eigenvalue weighted by Gasteiger charge is 2.28. The summed E-state index contributed by atoms with van der Waals surface area (Å²) in [5.74, 6) is -3.55. The van der Waals surface area contributed by atoms with Gasteiger partial charge in [0, 0.05) is 44.2 Å². The maximum atomic E-state index is 15.4. The van der Waals surface area contributed by atoms with E-state index in [1.165, 1.54) is 41.3 Å². The number of allylic oxidation sites excluding steroid dienone is 1. The number of anilines is 2. The molecule has 0 unspecified atom stereocenters. The molecule has 15 heteroatoms. The van der Waals surface area contributed by atoms with Crippen LogP contribution in [-0.2, 0) is 21.2 Å². The lowest BCUT2D eigenvalue weighted by Gasteiger charge is -2.30. The number of rotatable bonds is 10. The molecule has 1 fully saturated rings. The van der Waals surface area contributed by atoms with E-state index in [-0.39, 0.29) is 35.9 Å². The largest absolute Gasteiger partial charge is 0.433 e. The Bertz CT molecular complexity index is 1990. The Balaban J connectivity index is 1.20. The number of aryl methyl sites for hydroxylation is 1. The highest BCUT2D eigenvalue weighted by molar-refractivity contribution is 7.92. The third kappa shape index (κ3) is 6.59.